The maximum absolute atomic E-state index is 14.1. The van der Waals surface area contributed by atoms with E-state index in [1.54, 1.807) is 13.8 Å². The van der Waals surface area contributed by atoms with Crippen molar-refractivity contribution in [1.82, 2.24) is 10.2 Å². The third-order valence-electron chi connectivity index (χ3n) is 16.7. The summed E-state index contributed by atoms with van der Waals surface area (Å²) in [5.41, 5.74) is 4.13. The van der Waals surface area contributed by atoms with E-state index in [4.69, 9.17) is 16.3 Å². The molecule has 8 heteroatoms. The van der Waals surface area contributed by atoms with Gasteiger partial charge in [0, 0.05) is 35.4 Å². The van der Waals surface area contributed by atoms with E-state index >= 15 is 0 Å². The average Bonchev–Trinajstić information content (AvgIpc) is 3.37. The van der Waals surface area contributed by atoms with Gasteiger partial charge in [-0.25, -0.2) is 0 Å². The van der Waals surface area contributed by atoms with E-state index in [1.807, 2.05) is 6.07 Å². The first-order valence-corrected chi connectivity index (χ1v) is 21.7. The molecule has 5 aliphatic carbocycles. The summed E-state index contributed by atoms with van der Waals surface area (Å²) in [4.78, 5) is 41.2. The Morgan fingerprint density at radius 3 is 2.33 bits per heavy atom. The van der Waals surface area contributed by atoms with Crippen LogP contribution in [0.5, 0.6) is 0 Å². The average molecular weight is 780 g/mol. The lowest BCUT2D eigenvalue weighted by molar-refractivity contribution is -0.233. The summed E-state index contributed by atoms with van der Waals surface area (Å²) in [6.07, 6.45) is 9.91. The predicted molar refractivity (Wildman–Crippen MR) is 221 cm³/mol. The maximum Gasteiger partial charge on any atom is 0.309 e. The summed E-state index contributed by atoms with van der Waals surface area (Å²) in [6.45, 7) is 22.6. The van der Waals surface area contributed by atoms with E-state index in [0.29, 0.717) is 30.0 Å². The van der Waals surface area contributed by atoms with Gasteiger partial charge in [-0.05, 0) is 161 Å². The van der Waals surface area contributed by atoms with Gasteiger partial charge < -0.3 is 20.1 Å². The second kappa shape index (κ2) is 14.9. The summed E-state index contributed by atoms with van der Waals surface area (Å²) in [6, 6.07) is 6.22. The van der Waals surface area contributed by atoms with Crippen LogP contribution >= 0.6 is 11.6 Å². The number of nitrogens with zero attached hydrogens (tertiary/aromatic N) is 1. The van der Waals surface area contributed by atoms with Gasteiger partial charge in [-0.15, -0.1) is 0 Å². The second-order valence-corrected chi connectivity index (χ2v) is 21.7. The Kier molecular flexibility index (Phi) is 11.5. The molecule has 55 heavy (non-hydrogen) atoms. The normalized spacial score (nSPS) is 35.6. The highest BCUT2D eigenvalue weighted by Crippen LogP contribution is 2.77. The summed E-state index contributed by atoms with van der Waals surface area (Å²) in [5, 5.41) is 14.2. The number of ketones is 1. The quantitative estimate of drug-likeness (QED) is 0.161. The number of nitrogens with one attached hydrogen (secondary N) is 1. The topological polar surface area (TPSA) is 95.9 Å². The van der Waals surface area contributed by atoms with Gasteiger partial charge in [0.15, 0.2) is 5.78 Å². The molecule has 1 aromatic rings. The first-order chi connectivity index (χ1) is 25.5. The number of halogens is 1. The van der Waals surface area contributed by atoms with Crippen molar-refractivity contribution in [3.63, 3.8) is 0 Å². The molecule has 4 saturated carbocycles. The summed E-state index contributed by atoms with van der Waals surface area (Å²) < 4.78 is 6.19. The van der Waals surface area contributed by atoms with Crippen molar-refractivity contribution in [2.75, 3.05) is 20.6 Å². The Balaban J connectivity index is 1.22. The number of aliphatic carboxylic acids is 1. The minimum atomic E-state index is -1.15. The van der Waals surface area contributed by atoms with Gasteiger partial charge in [-0.1, -0.05) is 71.7 Å². The fourth-order valence-electron chi connectivity index (χ4n) is 13.7. The monoisotopic (exact) mass is 779 g/mol. The third-order valence-corrected chi connectivity index (χ3v) is 16.9. The lowest BCUT2D eigenvalue weighted by Gasteiger charge is -2.72. The fourth-order valence-corrected chi connectivity index (χ4v) is 13.9. The molecule has 0 radical (unpaired) electrons. The van der Waals surface area contributed by atoms with E-state index in [1.165, 1.54) is 23.1 Å². The molecular weight excluding hydrogens is 708 g/mol. The van der Waals surface area contributed by atoms with E-state index in [0.717, 1.165) is 81.6 Å². The smallest absolute Gasteiger partial charge is 0.309 e. The number of ether oxygens (including phenoxy) is 1. The summed E-state index contributed by atoms with van der Waals surface area (Å²) >= 11 is 6.39. The van der Waals surface area contributed by atoms with Crippen LogP contribution in [0, 0.1) is 56.2 Å². The van der Waals surface area contributed by atoms with Crippen molar-refractivity contribution in [1.29, 1.82) is 0 Å². The highest BCUT2D eigenvalue weighted by Gasteiger charge is 2.70. The number of allylic oxidation sites excluding steroid dienone is 2. The standard InChI is InChI=1S/C47H71ClN2O5/c1-29(2)39-34(51)25-47(22-23-49-27-30-12-13-32(48)24-31(30)28-50(10)11)21-20-45(8)33(40(39)47)14-15-36-44(7)18-17-37(55-38(52)26-42(3,4)41(53)54)43(5,6)35(44)16-19-46(36,45)9/h12-13,24,29,33,35-37,49H,14-23,25-28H2,1-11H3,(H,53,54). The van der Waals surface area contributed by atoms with E-state index < -0.39 is 17.4 Å². The molecule has 306 valence electrons. The molecule has 0 aromatic heterocycles. The summed E-state index contributed by atoms with van der Waals surface area (Å²) in [7, 11) is 4.18. The lowest BCUT2D eigenvalue weighted by atomic mass is 9.33. The van der Waals surface area contributed by atoms with Crippen molar-refractivity contribution < 1.29 is 24.2 Å². The molecule has 2 N–H and O–H groups in total. The number of fused-ring (bicyclic) bond motifs is 7. The molecule has 0 saturated heterocycles. The highest BCUT2D eigenvalue weighted by atomic mass is 35.5. The Morgan fingerprint density at radius 1 is 0.964 bits per heavy atom. The largest absolute Gasteiger partial charge is 0.481 e. The predicted octanol–water partition coefficient (Wildman–Crippen LogP) is 10.3. The van der Waals surface area contributed by atoms with Gasteiger partial charge in [0.05, 0.1) is 11.8 Å². The first kappa shape index (κ1) is 42.4. The van der Waals surface area contributed by atoms with Crippen LogP contribution in [-0.4, -0.2) is 54.5 Å². The van der Waals surface area contributed by atoms with Gasteiger partial charge in [-0.2, -0.15) is 0 Å². The van der Waals surface area contributed by atoms with Crippen LogP contribution in [-0.2, 0) is 32.2 Å². The number of carbonyl (C=O) groups excluding carboxylic acids is 2. The highest BCUT2D eigenvalue weighted by molar-refractivity contribution is 6.30. The molecule has 0 amide bonds. The molecule has 7 nitrogen and oxygen atoms in total. The molecule has 6 rings (SSSR count). The Labute approximate surface area is 337 Å². The van der Waals surface area contributed by atoms with Crippen molar-refractivity contribution in [2.45, 2.75) is 152 Å². The van der Waals surface area contributed by atoms with E-state index in [2.05, 4.69) is 84.9 Å². The van der Waals surface area contributed by atoms with Crippen molar-refractivity contribution in [3.05, 3.63) is 45.5 Å². The number of carboxylic acid groups (broad SMARTS) is 1. The molecule has 4 fully saturated rings. The summed E-state index contributed by atoms with van der Waals surface area (Å²) in [5.74, 6) is 0.607. The Bertz CT molecular complexity index is 1710. The number of hydrogen-bond acceptors (Lipinski definition) is 6. The number of rotatable bonds is 12. The fraction of sp³-hybridized carbons (Fsp3) is 0.766. The molecule has 0 heterocycles. The molecule has 0 aliphatic heterocycles. The van der Waals surface area contributed by atoms with Crippen molar-refractivity contribution >= 4 is 29.3 Å². The molecule has 0 bridgehead atoms. The van der Waals surface area contributed by atoms with Crippen LogP contribution in [0.1, 0.15) is 144 Å². The zero-order valence-corrected chi connectivity index (χ0v) is 36.7. The Morgan fingerprint density at radius 2 is 1.67 bits per heavy atom. The number of carboxylic acids is 1. The minimum absolute atomic E-state index is 0.0657. The zero-order chi connectivity index (χ0) is 40.5. The van der Waals surface area contributed by atoms with Gasteiger partial charge in [0.2, 0.25) is 0 Å². The van der Waals surface area contributed by atoms with Crippen molar-refractivity contribution in [3.8, 4) is 0 Å². The van der Waals surface area contributed by atoms with E-state index in [9.17, 15) is 19.5 Å². The number of carbonyl (C=O) groups is 3. The van der Waals surface area contributed by atoms with Crippen LogP contribution in [0.25, 0.3) is 0 Å². The van der Waals surface area contributed by atoms with Crippen LogP contribution in [0.3, 0.4) is 0 Å². The molecule has 8 unspecified atom stereocenters. The number of benzene rings is 1. The SMILES string of the molecule is CC(C)C1=C2C3CCC4C5(C)CCC(OC(=O)CC(C)(C)C(=O)O)C(C)(C)C5CCC4(C)C3(C)CCC2(CCNCc2ccc(Cl)cc2CN(C)C)CC1=O. The minimum Gasteiger partial charge on any atom is -0.481 e. The van der Waals surface area contributed by atoms with Crippen LogP contribution in [0.4, 0.5) is 0 Å². The molecule has 8 atom stereocenters. The van der Waals surface area contributed by atoms with Gasteiger partial charge in [0.1, 0.15) is 6.10 Å². The molecule has 1 aromatic carbocycles. The number of Topliss-reactive ketones (excluding diaryl/α,β-unsaturated/α-hetero) is 1. The number of esters is 1. The second-order valence-electron chi connectivity index (χ2n) is 21.3. The molecule has 5 aliphatic rings. The van der Waals surface area contributed by atoms with Crippen LogP contribution in [0.15, 0.2) is 29.3 Å². The van der Waals surface area contributed by atoms with Crippen LogP contribution < -0.4 is 5.32 Å². The van der Waals surface area contributed by atoms with E-state index in [-0.39, 0.29) is 45.5 Å². The van der Waals surface area contributed by atoms with Gasteiger partial charge in [0.25, 0.3) is 0 Å². The molecule has 0 spiro atoms. The van der Waals surface area contributed by atoms with Crippen LogP contribution in [0.2, 0.25) is 5.02 Å². The van der Waals surface area contributed by atoms with Gasteiger partial charge >= 0.3 is 11.9 Å². The van der Waals surface area contributed by atoms with Crippen molar-refractivity contribution in [2.24, 2.45) is 56.2 Å². The lowest BCUT2D eigenvalue weighted by Crippen LogP contribution is -2.65. The maximum atomic E-state index is 14.1. The third kappa shape index (κ3) is 7.17. The zero-order valence-electron chi connectivity index (χ0n) is 35.9. The number of hydrogen-bond donors (Lipinski definition) is 2. The molecular formula is C47H71ClN2O5. The van der Waals surface area contributed by atoms with Gasteiger partial charge in [-0.3, -0.25) is 14.4 Å². The first-order valence-electron chi connectivity index (χ1n) is 21.4. The Hall–Kier alpha value is -2.22.